The van der Waals surface area contributed by atoms with Crippen LogP contribution < -0.4 is 15.7 Å². The van der Waals surface area contributed by atoms with E-state index in [1.165, 1.54) is 118 Å². The van der Waals surface area contributed by atoms with E-state index >= 15 is 0 Å². The third-order valence-corrected chi connectivity index (χ3v) is 13.8. The Morgan fingerprint density at radius 1 is 0.538 bits per heavy atom. The van der Waals surface area contributed by atoms with Gasteiger partial charge in [-0.15, -0.1) is 0 Å². The average molecular weight is 673 g/mol. The molecule has 0 amide bonds. The van der Waals surface area contributed by atoms with Crippen LogP contribution in [0, 0.1) is 13.8 Å². The van der Waals surface area contributed by atoms with Crippen molar-refractivity contribution in [1.29, 1.82) is 0 Å². The number of fused-ring (bicyclic) bond motifs is 11. The maximum atomic E-state index is 2.78. The molecule has 0 radical (unpaired) electrons. The highest BCUT2D eigenvalue weighted by Crippen LogP contribution is 2.55. The van der Waals surface area contributed by atoms with Gasteiger partial charge in [-0.2, -0.15) is 0 Å². The number of aromatic nitrogens is 1. The number of nitrogens with zero attached hydrogens (tertiary/aromatic N) is 2. The molecule has 11 rings (SSSR count). The van der Waals surface area contributed by atoms with Crippen LogP contribution >= 0.6 is 0 Å². The third-order valence-electron chi connectivity index (χ3n) is 13.8. The van der Waals surface area contributed by atoms with Crippen LogP contribution in [0.2, 0.25) is 0 Å². The molecule has 3 heteroatoms. The van der Waals surface area contributed by atoms with Gasteiger partial charge in [-0.1, -0.05) is 114 Å². The maximum Gasteiger partial charge on any atom is 0.333 e. The van der Waals surface area contributed by atoms with Crippen molar-refractivity contribution in [2.45, 2.75) is 84.5 Å². The zero-order valence-electron chi connectivity index (χ0n) is 31.7. The van der Waals surface area contributed by atoms with Gasteiger partial charge in [0, 0.05) is 38.8 Å². The molecule has 0 saturated heterocycles. The Morgan fingerprint density at radius 3 is 2.04 bits per heavy atom. The minimum Gasteiger partial charge on any atom is -0.376 e. The zero-order valence-corrected chi connectivity index (χ0v) is 31.7. The first kappa shape index (κ1) is 30.6. The molecular weight excluding hydrogens is 627 g/mol. The minimum absolute atomic E-state index is 0.0278. The summed E-state index contributed by atoms with van der Waals surface area (Å²) in [7, 11) is 0. The number of aryl methyl sites for hydroxylation is 2. The fourth-order valence-electron chi connectivity index (χ4n) is 10.9. The molecule has 2 aliphatic carbocycles. The second kappa shape index (κ2) is 9.69. The molecule has 0 unspecified atom stereocenters. The van der Waals surface area contributed by atoms with Crippen molar-refractivity contribution in [1.82, 2.24) is 4.57 Å². The predicted octanol–water partition coefficient (Wildman–Crippen LogP) is 11.3. The summed E-state index contributed by atoms with van der Waals surface area (Å²) >= 11 is 0. The summed E-state index contributed by atoms with van der Waals surface area (Å²) in [6.45, 7) is 19.3. The number of rotatable bonds is 1. The predicted molar refractivity (Wildman–Crippen MR) is 222 cm³/mol. The molecule has 0 spiro atoms. The van der Waals surface area contributed by atoms with E-state index < -0.39 is 0 Å². The van der Waals surface area contributed by atoms with Crippen LogP contribution in [0.15, 0.2) is 103 Å². The first-order valence-electron chi connectivity index (χ1n) is 19.3. The number of benzene rings is 6. The van der Waals surface area contributed by atoms with Gasteiger partial charge >= 0.3 is 6.85 Å². The maximum absolute atomic E-state index is 2.78. The van der Waals surface area contributed by atoms with Gasteiger partial charge in [0.05, 0.1) is 11.0 Å². The first-order valence-corrected chi connectivity index (χ1v) is 19.3. The molecule has 254 valence electrons. The zero-order chi connectivity index (χ0) is 35.6. The molecule has 7 aromatic rings. The summed E-state index contributed by atoms with van der Waals surface area (Å²) in [5.41, 5.74) is 23.6. The van der Waals surface area contributed by atoms with E-state index in [9.17, 15) is 0 Å². The smallest absolute Gasteiger partial charge is 0.333 e. The van der Waals surface area contributed by atoms with E-state index in [0.717, 1.165) is 0 Å². The molecule has 2 nitrogen and oxygen atoms in total. The first-order chi connectivity index (χ1) is 24.9. The Morgan fingerprint density at radius 2 is 1.23 bits per heavy atom. The lowest BCUT2D eigenvalue weighted by molar-refractivity contribution is 0.332. The molecular formula is C49H45BN2. The van der Waals surface area contributed by atoms with Crippen molar-refractivity contribution in [2.24, 2.45) is 0 Å². The van der Waals surface area contributed by atoms with Crippen molar-refractivity contribution >= 4 is 51.0 Å². The second-order valence-corrected chi connectivity index (χ2v) is 18.2. The lowest BCUT2D eigenvalue weighted by Gasteiger charge is -2.46. The quantitative estimate of drug-likeness (QED) is 0.158. The summed E-state index contributed by atoms with van der Waals surface area (Å²) in [5.74, 6) is 0. The molecule has 0 bridgehead atoms. The van der Waals surface area contributed by atoms with Crippen LogP contribution in [-0.4, -0.2) is 11.4 Å². The van der Waals surface area contributed by atoms with Crippen LogP contribution in [0.5, 0.6) is 0 Å². The highest BCUT2D eigenvalue weighted by atomic mass is 15.1. The Labute approximate surface area is 308 Å². The van der Waals surface area contributed by atoms with E-state index in [2.05, 4.69) is 168 Å². The highest BCUT2D eigenvalue weighted by Gasteiger charge is 2.47. The highest BCUT2D eigenvalue weighted by molar-refractivity contribution is 6.93. The van der Waals surface area contributed by atoms with Crippen molar-refractivity contribution in [3.05, 3.63) is 137 Å². The Kier molecular flexibility index (Phi) is 5.70. The summed E-state index contributed by atoms with van der Waals surface area (Å²) < 4.78 is 2.59. The van der Waals surface area contributed by atoms with Gasteiger partial charge in [0.15, 0.2) is 0 Å². The molecule has 0 saturated carbocycles. The van der Waals surface area contributed by atoms with Crippen molar-refractivity contribution in [2.75, 3.05) is 4.81 Å². The van der Waals surface area contributed by atoms with E-state index in [4.69, 9.17) is 0 Å². The third kappa shape index (κ3) is 3.67. The Hall–Kier alpha value is -5.02. The monoisotopic (exact) mass is 672 g/mol. The standard InChI is InChI=1S/C49H45BN2/c1-28-22-35-34-25-33-30-14-9-11-17-36(30)49(7,8)37(33)26-43(34)52(42-27-39-38(24-29(42)2)47(3,4)20-21-48(39,5)6)50-40-18-13-16-32-31-15-10-12-19-41(31)51(46(32)40)44(23-28)45(35)50/h9-19,22-27H,20-21H2,1-8H3. The molecule has 4 aliphatic rings. The Balaban J connectivity index is 1.31. The SMILES string of the molecule is Cc1cc2c3c(c1)-n1c4ccccc4c4cccc(c41)B3N(c1cc3c(cc1C)C(C)(C)CCC3(C)C)c1cc3c(cc1-2)-c1ccccc1C3(C)C. The van der Waals surface area contributed by atoms with E-state index in [0.29, 0.717) is 0 Å². The van der Waals surface area contributed by atoms with E-state index in [-0.39, 0.29) is 23.1 Å². The number of hydrogen-bond donors (Lipinski definition) is 0. The minimum atomic E-state index is -0.0966. The van der Waals surface area contributed by atoms with Crippen molar-refractivity contribution in [3.63, 3.8) is 0 Å². The average Bonchev–Trinajstić information content (AvgIpc) is 3.57. The van der Waals surface area contributed by atoms with Crippen molar-refractivity contribution < 1.29 is 0 Å². The molecule has 0 atom stereocenters. The van der Waals surface area contributed by atoms with Gasteiger partial charge in [-0.25, -0.2) is 0 Å². The van der Waals surface area contributed by atoms with Gasteiger partial charge in [0.2, 0.25) is 0 Å². The fourth-order valence-corrected chi connectivity index (χ4v) is 10.9. The normalized spacial score (nSPS) is 17.8. The van der Waals surface area contributed by atoms with Crippen LogP contribution in [0.1, 0.15) is 87.8 Å². The Bertz CT molecular complexity index is 2760. The topological polar surface area (TPSA) is 8.17 Å². The molecule has 3 heterocycles. The molecule has 1 aromatic heterocycles. The molecule has 0 fully saturated rings. The number of para-hydroxylation sites is 2. The van der Waals surface area contributed by atoms with Gasteiger partial charge < -0.3 is 9.38 Å². The summed E-state index contributed by atoms with van der Waals surface area (Å²) in [6.07, 6.45) is 2.41. The van der Waals surface area contributed by atoms with Gasteiger partial charge in [0.1, 0.15) is 0 Å². The van der Waals surface area contributed by atoms with Crippen LogP contribution in [0.4, 0.5) is 11.4 Å². The summed E-state index contributed by atoms with van der Waals surface area (Å²) in [5, 5.41) is 2.66. The molecule has 52 heavy (non-hydrogen) atoms. The summed E-state index contributed by atoms with van der Waals surface area (Å²) in [6, 6.07) is 40.4. The molecule has 6 aromatic carbocycles. The molecule has 2 aliphatic heterocycles. The van der Waals surface area contributed by atoms with Gasteiger partial charge in [-0.3, -0.25) is 0 Å². The van der Waals surface area contributed by atoms with E-state index in [1.807, 2.05) is 0 Å². The lowest BCUT2D eigenvalue weighted by atomic mass is 9.43. The number of anilines is 2. The molecule has 0 N–H and O–H groups in total. The second-order valence-electron chi connectivity index (χ2n) is 18.2. The van der Waals surface area contributed by atoms with Crippen molar-refractivity contribution in [3.8, 4) is 27.9 Å². The lowest BCUT2D eigenvalue weighted by Crippen LogP contribution is -2.61. The van der Waals surface area contributed by atoms with Crippen LogP contribution in [0.25, 0.3) is 49.7 Å². The largest absolute Gasteiger partial charge is 0.376 e. The van der Waals surface area contributed by atoms with E-state index in [1.54, 1.807) is 0 Å². The van der Waals surface area contributed by atoms with Crippen LogP contribution in [-0.2, 0) is 16.2 Å². The van der Waals surface area contributed by atoms with Gasteiger partial charge in [0.25, 0.3) is 0 Å². The number of hydrogen-bond acceptors (Lipinski definition) is 1. The van der Waals surface area contributed by atoms with Gasteiger partial charge in [-0.05, 0) is 129 Å². The fraction of sp³-hybridized carbons (Fsp3) is 0.265. The summed E-state index contributed by atoms with van der Waals surface area (Å²) in [4.78, 5) is 2.78. The van der Waals surface area contributed by atoms with Crippen LogP contribution in [0.3, 0.4) is 0 Å².